The molecule has 2 N–H and O–H groups in total. The minimum Gasteiger partial charge on any atom is -0.504 e. The number of nitrogens with zero attached hydrogens (tertiary/aromatic N) is 2. The summed E-state index contributed by atoms with van der Waals surface area (Å²) in [7, 11) is 1.77. The molecule has 2 bridgehead atoms. The zero-order chi connectivity index (χ0) is 24.7. The highest BCUT2D eigenvalue weighted by Gasteiger charge is 2.73. The standard InChI is InChI=1S/C27H28Cl2N2O4/c1-3-11-31-12-10-26-22-15-5-7-20(32)23(22)35-24(26)19(8-9-27(26,34)21(31)14-15)30(2)25(33)16-4-6-17(28)18(29)13-16/h3-7,13,19,21,24,32,34H,1,8-12,14H2,2H3/t19-,21-,24+,26+,27-/m1/s1. The third-order valence-electron chi connectivity index (χ3n) is 8.89. The highest BCUT2D eigenvalue weighted by atomic mass is 35.5. The lowest BCUT2D eigenvalue weighted by Gasteiger charge is -2.64. The van der Waals surface area contributed by atoms with Crippen LogP contribution in [0, 0.1) is 0 Å². The third kappa shape index (κ3) is 2.94. The van der Waals surface area contributed by atoms with Crippen LogP contribution in [0.1, 0.15) is 40.7 Å². The molecule has 1 amide bonds. The minimum atomic E-state index is -1.03. The molecule has 2 heterocycles. The number of phenols is 1. The number of ether oxygens (including phenoxy) is 1. The summed E-state index contributed by atoms with van der Waals surface area (Å²) in [4.78, 5) is 17.5. The predicted molar refractivity (Wildman–Crippen MR) is 135 cm³/mol. The highest BCUT2D eigenvalue weighted by Crippen LogP contribution is 2.65. The van der Waals surface area contributed by atoms with Gasteiger partial charge in [-0.05, 0) is 62.1 Å². The van der Waals surface area contributed by atoms with E-state index in [9.17, 15) is 15.0 Å². The van der Waals surface area contributed by atoms with E-state index in [1.54, 1.807) is 36.2 Å². The molecule has 1 spiro atoms. The summed E-state index contributed by atoms with van der Waals surface area (Å²) in [6.07, 6.45) is 3.88. The lowest BCUT2D eigenvalue weighted by atomic mass is 9.48. The molecule has 2 aliphatic heterocycles. The SMILES string of the molecule is C=CCN1CC[C@]23c4c5ccc(O)c4O[C@H]2[C@H](N(C)C(=O)c2ccc(Cl)c(Cl)c2)CC[C@@]3(O)[C@H]1C5. The highest BCUT2D eigenvalue weighted by molar-refractivity contribution is 6.42. The Kier molecular flexibility index (Phi) is 5.21. The van der Waals surface area contributed by atoms with E-state index in [1.165, 1.54) is 0 Å². The van der Waals surface area contributed by atoms with Crippen molar-refractivity contribution >= 4 is 29.1 Å². The van der Waals surface area contributed by atoms with Crippen molar-refractivity contribution in [3.8, 4) is 11.5 Å². The van der Waals surface area contributed by atoms with E-state index in [0.717, 1.165) is 17.7 Å². The second kappa shape index (κ2) is 7.87. The summed E-state index contributed by atoms with van der Waals surface area (Å²) in [5.41, 5.74) is 0.741. The number of carbonyl (C=O) groups is 1. The average Bonchev–Trinajstić information content (AvgIpc) is 3.19. The molecule has 1 saturated heterocycles. The third-order valence-corrected chi connectivity index (χ3v) is 9.63. The van der Waals surface area contributed by atoms with Crippen LogP contribution in [0.5, 0.6) is 11.5 Å². The number of piperidine rings is 1. The van der Waals surface area contributed by atoms with Gasteiger partial charge in [0.1, 0.15) is 6.10 Å². The van der Waals surface area contributed by atoms with Gasteiger partial charge < -0.3 is 19.8 Å². The molecule has 8 heteroatoms. The molecular weight excluding hydrogens is 487 g/mol. The number of likely N-dealkylation sites (tertiary alicyclic amines) is 1. The van der Waals surface area contributed by atoms with Crippen LogP contribution in [-0.2, 0) is 11.8 Å². The Labute approximate surface area is 214 Å². The Bertz CT molecular complexity index is 1250. The van der Waals surface area contributed by atoms with Crippen molar-refractivity contribution in [1.29, 1.82) is 0 Å². The zero-order valence-electron chi connectivity index (χ0n) is 19.5. The molecule has 2 fully saturated rings. The molecule has 1 saturated carbocycles. The number of benzene rings is 2. The molecule has 0 aromatic heterocycles. The maximum absolute atomic E-state index is 13.5. The van der Waals surface area contributed by atoms with E-state index < -0.39 is 17.1 Å². The first-order valence-electron chi connectivity index (χ1n) is 12.0. The van der Waals surface area contributed by atoms with E-state index in [1.807, 2.05) is 12.1 Å². The topological polar surface area (TPSA) is 73.2 Å². The molecule has 4 aliphatic rings. The second-order valence-corrected chi connectivity index (χ2v) is 11.1. The van der Waals surface area contributed by atoms with E-state index >= 15 is 0 Å². The van der Waals surface area contributed by atoms with Gasteiger partial charge in [-0.3, -0.25) is 9.69 Å². The smallest absolute Gasteiger partial charge is 0.254 e. The molecule has 2 aliphatic carbocycles. The summed E-state index contributed by atoms with van der Waals surface area (Å²) >= 11 is 12.2. The first kappa shape index (κ1) is 23.2. The van der Waals surface area contributed by atoms with Gasteiger partial charge in [0, 0.05) is 30.8 Å². The largest absolute Gasteiger partial charge is 0.504 e. The molecule has 2 aromatic carbocycles. The van der Waals surface area contributed by atoms with Crippen LogP contribution in [0.3, 0.4) is 0 Å². The van der Waals surface area contributed by atoms with Gasteiger partial charge in [0.2, 0.25) is 0 Å². The number of halogens is 2. The van der Waals surface area contributed by atoms with E-state index in [4.69, 9.17) is 27.9 Å². The van der Waals surface area contributed by atoms with Crippen LogP contribution in [0.2, 0.25) is 10.0 Å². The Balaban J connectivity index is 1.45. The van der Waals surface area contributed by atoms with Crippen molar-refractivity contribution in [2.75, 3.05) is 20.1 Å². The number of aliphatic hydroxyl groups is 1. The summed E-state index contributed by atoms with van der Waals surface area (Å²) in [5, 5.41) is 23.9. The van der Waals surface area contributed by atoms with Crippen LogP contribution in [0.25, 0.3) is 0 Å². The van der Waals surface area contributed by atoms with Crippen molar-refractivity contribution in [1.82, 2.24) is 9.80 Å². The van der Waals surface area contributed by atoms with E-state index in [-0.39, 0.29) is 23.7 Å². The summed E-state index contributed by atoms with van der Waals surface area (Å²) in [6, 6.07) is 8.14. The molecule has 6 rings (SSSR count). The van der Waals surface area contributed by atoms with Crippen LogP contribution < -0.4 is 4.74 Å². The van der Waals surface area contributed by atoms with Gasteiger partial charge in [0.15, 0.2) is 11.5 Å². The first-order chi connectivity index (χ1) is 16.7. The van der Waals surface area contributed by atoms with Gasteiger partial charge >= 0.3 is 0 Å². The zero-order valence-corrected chi connectivity index (χ0v) is 21.0. The Morgan fingerprint density at radius 3 is 2.83 bits per heavy atom. The number of phenolic OH excluding ortho intramolecular Hbond substituents is 1. The van der Waals surface area contributed by atoms with Gasteiger partial charge in [-0.25, -0.2) is 0 Å². The van der Waals surface area contributed by atoms with Crippen molar-refractivity contribution in [2.24, 2.45) is 0 Å². The Hall–Kier alpha value is -2.25. The average molecular weight is 515 g/mol. The minimum absolute atomic E-state index is 0.0825. The predicted octanol–water partition coefficient (Wildman–Crippen LogP) is 4.18. The van der Waals surface area contributed by atoms with Gasteiger partial charge in [-0.1, -0.05) is 35.3 Å². The molecular formula is C27H28Cl2N2O4. The maximum Gasteiger partial charge on any atom is 0.254 e. The fourth-order valence-electron chi connectivity index (χ4n) is 7.37. The van der Waals surface area contributed by atoms with Gasteiger partial charge in [0.25, 0.3) is 5.91 Å². The van der Waals surface area contributed by atoms with Crippen LogP contribution in [0.15, 0.2) is 43.0 Å². The Morgan fingerprint density at radius 2 is 2.09 bits per heavy atom. The number of hydrogen-bond donors (Lipinski definition) is 2. The summed E-state index contributed by atoms with van der Waals surface area (Å²) in [6.45, 7) is 5.40. The van der Waals surface area contributed by atoms with E-state index in [2.05, 4.69) is 11.5 Å². The molecule has 35 heavy (non-hydrogen) atoms. The second-order valence-electron chi connectivity index (χ2n) is 10.3. The number of amides is 1. The van der Waals surface area contributed by atoms with Gasteiger partial charge in [-0.2, -0.15) is 0 Å². The van der Waals surface area contributed by atoms with Crippen molar-refractivity contribution in [3.63, 3.8) is 0 Å². The molecule has 0 unspecified atom stereocenters. The quantitative estimate of drug-likeness (QED) is 0.598. The maximum atomic E-state index is 13.5. The molecule has 2 aromatic rings. The normalized spacial score (nSPS) is 32.5. The molecule has 0 radical (unpaired) electrons. The number of aromatic hydroxyl groups is 1. The van der Waals surface area contributed by atoms with Crippen LogP contribution >= 0.6 is 23.2 Å². The summed E-state index contributed by atoms with van der Waals surface area (Å²) in [5.74, 6) is 0.360. The lowest BCUT2D eigenvalue weighted by Crippen LogP contribution is -2.78. The monoisotopic (exact) mass is 514 g/mol. The lowest BCUT2D eigenvalue weighted by molar-refractivity contribution is -0.195. The number of likely N-dealkylation sites (N-methyl/N-ethyl adjacent to an activating group) is 1. The molecule has 184 valence electrons. The summed E-state index contributed by atoms with van der Waals surface area (Å²) < 4.78 is 6.54. The van der Waals surface area contributed by atoms with Crippen molar-refractivity contribution in [2.45, 2.75) is 54.9 Å². The number of rotatable bonds is 4. The van der Waals surface area contributed by atoms with Crippen molar-refractivity contribution < 1.29 is 19.7 Å². The van der Waals surface area contributed by atoms with Crippen LogP contribution in [-0.4, -0.2) is 69.8 Å². The number of carbonyl (C=O) groups excluding carboxylic acids is 1. The van der Waals surface area contributed by atoms with Gasteiger partial charge in [0.05, 0.1) is 27.1 Å². The molecule has 5 atom stereocenters. The number of hydrogen-bond acceptors (Lipinski definition) is 5. The fourth-order valence-corrected chi connectivity index (χ4v) is 7.67. The molecule has 6 nitrogen and oxygen atoms in total. The van der Waals surface area contributed by atoms with Crippen LogP contribution in [0.4, 0.5) is 0 Å². The fraction of sp³-hybridized carbons (Fsp3) is 0.444. The van der Waals surface area contributed by atoms with Gasteiger partial charge in [-0.15, -0.1) is 6.58 Å². The Morgan fingerprint density at radius 1 is 1.29 bits per heavy atom. The first-order valence-corrected chi connectivity index (χ1v) is 12.8. The van der Waals surface area contributed by atoms with E-state index in [0.29, 0.717) is 53.6 Å². The van der Waals surface area contributed by atoms with Crippen molar-refractivity contribution in [3.05, 3.63) is 69.7 Å².